The molecule has 6 heteroatoms. The van der Waals surface area contributed by atoms with Crippen LogP contribution in [0.15, 0.2) is 48.5 Å². The summed E-state index contributed by atoms with van der Waals surface area (Å²) in [4.78, 5) is 39.8. The van der Waals surface area contributed by atoms with Gasteiger partial charge in [0.2, 0.25) is 5.91 Å². The van der Waals surface area contributed by atoms with E-state index in [9.17, 15) is 19.5 Å². The number of carbonyl (C=O) groups is 3. The van der Waals surface area contributed by atoms with E-state index < -0.39 is 5.97 Å². The fourth-order valence-electron chi connectivity index (χ4n) is 3.48. The predicted octanol–water partition coefficient (Wildman–Crippen LogP) is 3.56. The number of benzene rings is 2. The summed E-state index contributed by atoms with van der Waals surface area (Å²) < 4.78 is 0. The van der Waals surface area contributed by atoms with E-state index in [1.165, 1.54) is 0 Å². The van der Waals surface area contributed by atoms with Gasteiger partial charge in [-0.25, -0.2) is 4.79 Å². The second-order valence-electron chi connectivity index (χ2n) is 6.88. The number of hydrogen-bond acceptors (Lipinski definition) is 3. The van der Waals surface area contributed by atoms with E-state index in [1.54, 1.807) is 58.3 Å². The predicted molar refractivity (Wildman–Crippen MR) is 106 cm³/mol. The number of rotatable bonds is 7. The minimum absolute atomic E-state index is 0.108. The van der Waals surface area contributed by atoms with Crippen LogP contribution in [0.1, 0.15) is 52.5 Å². The van der Waals surface area contributed by atoms with Crippen LogP contribution in [0.2, 0.25) is 0 Å². The quantitative estimate of drug-likeness (QED) is 0.797. The summed E-state index contributed by atoms with van der Waals surface area (Å²) in [6, 6.07) is 13.8. The van der Waals surface area contributed by atoms with Gasteiger partial charge in [-0.15, -0.1) is 0 Å². The zero-order valence-electron chi connectivity index (χ0n) is 15.9. The molecule has 0 saturated carbocycles. The van der Waals surface area contributed by atoms with Gasteiger partial charge in [0.15, 0.2) is 0 Å². The number of hydrogen-bond donors (Lipinski definition) is 1. The summed E-state index contributed by atoms with van der Waals surface area (Å²) in [5.41, 5.74) is 2.14. The van der Waals surface area contributed by atoms with Crippen molar-refractivity contribution in [1.29, 1.82) is 0 Å². The number of carboxylic acid groups (broad SMARTS) is 1. The van der Waals surface area contributed by atoms with E-state index >= 15 is 0 Å². The Bertz CT molecular complexity index is 876. The van der Waals surface area contributed by atoms with Crippen molar-refractivity contribution in [2.24, 2.45) is 0 Å². The third-order valence-electron chi connectivity index (χ3n) is 4.89. The Hall–Kier alpha value is -3.15. The molecule has 146 valence electrons. The number of amides is 2. The molecular weight excluding hydrogens is 356 g/mol. The van der Waals surface area contributed by atoms with Crippen LogP contribution in [0.4, 0.5) is 5.69 Å². The Balaban J connectivity index is 1.79. The van der Waals surface area contributed by atoms with E-state index in [4.69, 9.17) is 0 Å². The van der Waals surface area contributed by atoms with Gasteiger partial charge in [0.25, 0.3) is 5.91 Å². The number of carboxylic acids is 1. The third kappa shape index (κ3) is 4.22. The van der Waals surface area contributed by atoms with Crippen LogP contribution in [-0.4, -0.2) is 40.9 Å². The highest BCUT2D eigenvalue weighted by molar-refractivity contribution is 5.97. The molecule has 1 saturated heterocycles. The molecule has 28 heavy (non-hydrogen) atoms. The molecule has 0 unspecified atom stereocenters. The average molecular weight is 380 g/mol. The van der Waals surface area contributed by atoms with Crippen molar-refractivity contribution >= 4 is 23.5 Å². The highest BCUT2D eigenvalue weighted by Crippen LogP contribution is 2.22. The van der Waals surface area contributed by atoms with Crippen LogP contribution in [0.5, 0.6) is 0 Å². The number of aromatic carboxylic acids is 1. The maximum atomic E-state index is 13.0. The highest BCUT2D eigenvalue weighted by Gasteiger charge is 2.23. The second kappa shape index (κ2) is 8.69. The number of carbonyl (C=O) groups excluding carboxylic acids is 2. The highest BCUT2D eigenvalue weighted by atomic mass is 16.4. The largest absolute Gasteiger partial charge is 0.478 e. The fourth-order valence-corrected chi connectivity index (χ4v) is 3.48. The standard InChI is InChI=1S/C22H24N2O4/c1-2-13-23(15-17-6-3-4-7-19(17)22(27)28)21(26)16-9-11-18(12-10-16)24-14-5-8-20(24)25/h3-4,6-7,9-12H,2,5,8,13-15H2,1H3,(H,27,28). The first kappa shape index (κ1) is 19.6. The van der Waals surface area contributed by atoms with Crippen molar-refractivity contribution < 1.29 is 19.5 Å². The van der Waals surface area contributed by atoms with Crippen LogP contribution >= 0.6 is 0 Å². The summed E-state index contributed by atoms with van der Waals surface area (Å²) in [7, 11) is 0. The van der Waals surface area contributed by atoms with Crippen LogP contribution in [0, 0.1) is 0 Å². The van der Waals surface area contributed by atoms with Gasteiger partial charge in [-0.2, -0.15) is 0 Å². The molecule has 1 fully saturated rings. The maximum absolute atomic E-state index is 13.0. The van der Waals surface area contributed by atoms with Crippen molar-refractivity contribution in [1.82, 2.24) is 4.90 Å². The van der Waals surface area contributed by atoms with Crippen molar-refractivity contribution in [3.63, 3.8) is 0 Å². The first-order chi connectivity index (χ1) is 13.5. The molecule has 0 radical (unpaired) electrons. The third-order valence-corrected chi connectivity index (χ3v) is 4.89. The lowest BCUT2D eigenvalue weighted by molar-refractivity contribution is -0.117. The van der Waals surface area contributed by atoms with Crippen LogP contribution in [-0.2, 0) is 11.3 Å². The molecule has 0 spiro atoms. The topological polar surface area (TPSA) is 77.9 Å². The Morgan fingerprint density at radius 1 is 1.11 bits per heavy atom. The van der Waals surface area contributed by atoms with Gasteiger partial charge in [0.1, 0.15) is 0 Å². The molecule has 0 bridgehead atoms. The van der Waals surface area contributed by atoms with Gasteiger partial charge in [0.05, 0.1) is 5.56 Å². The van der Waals surface area contributed by atoms with Gasteiger partial charge < -0.3 is 14.9 Å². The molecule has 0 aliphatic carbocycles. The van der Waals surface area contributed by atoms with Gasteiger partial charge in [0, 0.05) is 37.3 Å². The van der Waals surface area contributed by atoms with Crippen molar-refractivity contribution in [3.8, 4) is 0 Å². The minimum atomic E-state index is -1.00. The molecule has 1 heterocycles. The molecule has 1 N–H and O–H groups in total. The van der Waals surface area contributed by atoms with E-state index in [0.29, 0.717) is 30.6 Å². The molecular formula is C22H24N2O4. The number of nitrogens with zero attached hydrogens (tertiary/aromatic N) is 2. The first-order valence-electron chi connectivity index (χ1n) is 9.52. The Morgan fingerprint density at radius 2 is 1.82 bits per heavy atom. The van der Waals surface area contributed by atoms with Crippen LogP contribution < -0.4 is 4.90 Å². The SMILES string of the molecule is CCCN(Cc1ccccc1C(=O)O)C(=O)c1ccc(N2CCCC2=O)cc1. The molecule has 1 aliphatic rings. The average Bonchev–Trinajstić information content (AvgIpc) is 3.13. The molecule has 0 aromatic heterocycles. The van der Waals surface area contributed by atoms with Gasteiger partial charge >= 0.3 is 5.97 Å². The van der Waals surface area contributed by atoms with Crippen LogP contribution in [0.25, 0.3) is 0 Å². The van der Waals surface area contributed by atoms with Crippen molar-refractivity contribution in [3.05, 3.63) is 65.2 Å². The monoisotopic (exact) mass is 380 g/mol. The normalized spacial score (nSPS) is 13.6. The van der Waals surface area contributed by atoms with Crippen molar-refractivity contribution in [2.75, 3.05) is 18.0 Å². The van der Waals surface area contributed by atoms with Gasteiger partial charge in [-0.3, -0.25) is 9.59 Å². The van der Waals surface area contributed by atoms with Gasteiger partial charge in [-0.05, 0) is 48.7 Å². The maximum Gasteiger partial charge on any atom is 0.336 e. The summed E-state index contributed by atoms with van der Waals surface area (Å²) >= 11 is 0. The minimum Gasteiger partial charge on any atom is -0.478 e. The lowest BCUT2D eigenvalue weighted by Gasteiger charge is -2.23. The Kier molecular flexibility index (Phi) is 6.09. The van der Waals surface area contributed by atoms with Gasteiger partial charge in [-0.1, -0.05) is 25.1 Å². The zero-order chi connectivity index (χ0) is 20.1. The smallest absolute Gasteiger partial charge is 0.336 e. The van der Waals surface area contributed by atoms with E-state index in [-0.39, 0.29) is 23.9 Å². The molecule has 0 atom stereocenters. The van der Waals surface area contributed by atoms with Crippen LogP contribution in [0.3, 0.4) is 0 Å². The van der Waals surface area contributed by atoms with Crippen molar-refractivity contribution in [2.45, 2.75) is 32.7 Å². The zero-order valence-corrected chi connectivity index (χ0v) is 15.9. The summed E-state index contributed by atoms with van der Waals surface area (Å²) in [6.07, 6.45) is 2.18. The summed E-state index contributed by atoms with van der Waals surface area (Å²) in [5.74, 6) is -1.04. The van der Waals surface area contributed by atoms with E-state index in [0.717, 1.165) is 18.5 Å². The molecule has 2 amide bonds. The molecule has 2 aromatic carbocycles. The summed E-state index contributed by atoms with van der Waals surface area (Å²) in [5, 5.41) is 9.38. The fraction of sp³-hybridized carbons (Fsp3) is 0.318. The first-order valence-corrected chi connectivity index (χ1v) is 9.52. The van der Waals surface area contributed by atoms with E-state index in [1.807, 2.05) is 6.92 Å². The molecule has 3 rings (SSSR count). The second-order valence-corrected chi connectivity index (χ2v) is 6.88. The summed E-state index contributed by atoms with van der Waals surface area (Å²) in [6.45, 7) is 3.45. The Labute approximate surface area is 164 Å². The lowest BCUT2D eigenvalue weighted by Crippen LogP contribution is -2.32. The van der Waals surface area contributed by atoms with E-state index in [2.05, 4.69) is 0 Å². The lowest BCUT2D eigenvalue weighted by atomic mass is 10.1. The number of anilines is 1. The molecule has 1 aliphatic heterocycles. The molecule has 6 nitrogen and oxygen atoms in total. The Morgan fingerprint density at radius 3 is 2.43 bits per heavy atom. The molecule has 2 aromatic rings.